The number of rotatable bonds is 4. The predicted molar refractivity (Wildman–Crippen MR) is 79.0 cm³/mol. The lowest BCUT2D eigenvalue weighted by Crippen LogP contribution is -2.39. The van der Waals surface area contributed by atoms with E-state index in [-0.39, 0.29) is 31.5 Å². The molecule has 1 atom stereocenters. The van der Waals surface area contributed by atoms with Crippen LogP contribution in [0.3, 0.4) is 0 Å². The van der Waals surface area contributed by atoms with E-state index in [9.17, 15) is 13.6 Å². The van der Waals surface area contributed by atoms with E-state index in [1.54, 1.807) is 6.20 Å². The summed E-state index contributed by atoms with van der Waals surface area (Å²) < 4.78 is 33.1. The molecule has 1 saturated carbocycles. The van der Waals surface area contributed by atoms with Crippen molar-refractivity contribution in [2.24, 2.45) is 5.73 Å². The maximum Gasteiger partial charge on any atom is 0.404 e. The predicted octanol–water partition coefficient (Wildman–Crippen LogP) is 2.30. The largest absolute Gasteiger partial charge is 0.445 e. The lowest BCUT2D eigenvalue weighted by atomic mass is 9.91. The van der Waals surface area contributed by atoms with Crippen LogP contribution in [0.15, 0.2) is 12.4 Å². The number of nitrogens with zero attached hydrogens (tertiary/aromatic N) is 3. The Balaban J connectivity index is 1.52. The Morgan fingerprint density at radius 2 is 2.09 bits per heavy atom. The minimum Gasteiger partial charge on any atom is -0.445 e. The van der Waals surface area contributed by atoms with Gasteiger partial charge in [0.1, 0.15) is 6.61 Å². The fourth-order valence-corrected chi connectivity index (χ4v) is 3.51. The fraction of sp³-hybridized carbons (Fsp3) is 0.733. The van der Waals surface area contributed by atoms with E-state index in [1.165, 1.54) is 0 Å². The number of amides is 1. The summed E-state index contributed by atoms with van der Waals surface area (Å²) in [5.41, 5.74) is 5.73. The van der Waals surface area contributed by atoms with Gasteiger partial charge in [0, 0.05) is 43.7 Å². The molecule has 1 aliphatic carbocycles. The van der Waals surface area contributed by atoms with Crippen LogP contribution >= 0.6 is 0 Å². The van der Waals surface area contributed by atoms with Gasteiger partial charge in [-0.15, -0.1) is 0 Å². The Morgan fingerprint density at radius 3 is 2.78 bits per heavy atom. The van der Waals surface area contributed by atoms with Crippen LogP contribution in [0.1, 0.15) is 43.7 Å². The Bertz CT molecular complexity index is 553. The first kappa shape index (κ1) is 16.2. The van der Waals surface area contributed by atoms with Crippen LogP contribution in [-0.4, -0.2) is 45.8 Å². The first-order valence-corrected chi connectivity index (χ1v) is 8.00. The normalized spacial score (nSPS) is 25.6. The molecule has 0 unspecified atom stereocenters. The van der Waals surface area contributed by atoms with Gasteiger partial charge in [0.25, 0.3) is 0 Å². The van der Waals surface area contributed by atoms with E-state index in [4.69, 9.17) is 10.5 Å². The zero-order valence-electron chi connectivity index (χ0n) is 13.0. The molecule has 1 amide bonds. The number of nitrogens with two attached hydrogens (primary N) is 1. The molecule has 6 nitrogen and oxygen atoms in total. The highest BCUT2D eigenvalue weighted by Crippen LogP contribution is 2.37. The number of likely N-dealkylation sites (tertiary alicyclic amines) is 1. The third-order valence-electron chi connectivity index (χ3n) is 4.81. The molecular formula is C15H22F2N4O2. The second kappa shape index (κ2) is 6.43. The summed E-state index contributed by atoms with van der Waals surface area (Å²) >= 11 is 0. The first-order valence-electron chi connectivity index (χ1n) is 8.00. The average molecular weight is 328 g/mol. The van der Waals surface area contributed by atoms with Gasteiger partial charge >= 0.3 is 6.09 Å². The molecule has 0 aromatic carbocycles. The highest BCUT2D eigenvalue weighted by atomic mass is 19.3. The van der Waals surface area contributed by atoms with Crippen LogP contribution in [0.25, 0.3) is 0 Å². The molecule has 0 radical (unpaired) electrons. The van der Waals surface area contributed by atoms with Gasteiger partial charge in [0.05, 0.1) is 12.2 Å². The van der Waals surface area contributed by atoms with Crippen molar-refractivity contribution in [1.82, 2.24) is 14.7 Å². The van der Waals surface area contributed by atoms with Gasteiger partial charge in [-0.1, -0.05) is 0 Å². The van der Waals surface area contributed by atoms with E-state index in [2.05, 4.69) is 10.00 Å². The SMILES string of the molecule is NC(=O)OCc1cnn([C@@H]2CCN(C3CCC(F)(F)CC3)C2)c1. The monoisotopic (exact) mass is 328 g/mol. The fourth-order valence-electron chi connectivity index (χ4n) is 3.51. The van der Waals surface area contributed by atoms with Crippen molar-refractivity contribution >= 4 is 6.09 Å². The van der Waals surface area contributed by atoms with Gasteiger partial charge in [-0.2, -0.15) is 5.10 Å². The van der Waals surface area contributed by atoms with Crippen LogP contribution in [0.5, 0.6) is 0 Å². The number of hydrogen-bond acceptors (Lipinski definition) is 4. The molecule has 3 rings (SSSR count). The Hall–Kier alpha value is -1.70. The van der Waals surface area contributed by atoms with Crippen molar-refractivity contribution in [2.75, 3.05) is 13.1 Å². The van der Waals surface area contributed by atoms with E-state index < -0.39 is 12.0 Å². The Morgan fingerprint density at radius 1 is 1.35 bits per heavy atom. The summed E-state index contributed by atoms with van der Waals surface area (Å²) in [7, 11) is 0. The maximum atomic E-state index is 13.3. The van der Waals surface area contributed by atoms with Crippen LogP contribution in [0.4, 0.5) is 13.6 Å². The summed E-state index contributed by atoms with van der Waals surface area (Å²) in [6.07, 6.45) is 4.78. The number of halogens is 2. The number of aromatic nitrogens is 2. The molecular weight excluding hydrogens is 306 g/mol. The van der Waals surface area contributed by atoms with E-state index in [0.717, 1.165) is 25.1 Å². The molecule has 2 N–H and O–H groups in total. The standard InChI is InChI=1S/C15H22F2N4O2/c16-15(17)4-1-12(2-5-15)20-6-3-13(9-20)21-8-11(7-19-21)10-23-14(18)22/h7-8,12-13H,1-6,9-10H2,(H2,18,22)/t13-/m1/s1. The van der Waals surface area contributed by atoms with Crippen molar-refractivity contribution in [3.05, 3.63) is 18.0 Å². The number of ether oxygens (including phenoxy) is 1. The van der Waals surface area contributed by atoms with Gasteiger partial charge in [0.15, 0.2) is 0 Å². The zero-order chi connectivity index (χ0) is 16.4. The Kier molecular flexibility index (Phi) is 4.52. The van der Waals surface area contributed by atoms with E-state index in [1.807, 2.05) is 10.9 Å². The number of primary amides is 1. The van der Waals surface area contributed by atoms with E-state index in [0.29, 0.717) is 12.8 Å². The van der Waals surface area contributed by atoms with Crippen molar-refractivity contribution in [2.45, 2.75) is 56.7 Å². The maximum absolute atomic E-state index is 13.3. The minimum absolute atomic E-state index is 0.00475. The van der Waals surface area contributed by atoms with Crippen LogP contribution in [0.2, 0.25) is 0 Å². The summed E-state index contributed by atoms with van der Waals surface area (Å²) in [6, 6.07) is 0.493. The van der Waals surface area contributed by atoms with Crippen LogP contribution in [-0.2, 0) is 11.3 Å². The van der Waals surface area contributed by atoms with Crippen LogP contribution < -0.4 is 5.73 Å². The third kappa shape index (κ3) is 3.99. The highest BCUT2D eigenvalue weighted by molar-refractivity contribution is 5.64. The second-order valence-corrected chi connectivity index (χ2v) is 6.46. The Labute approximate surface area is 133 Å². The van der Waals surface area contributed by atoms with Gasteiger partial charge in [-0.3, -0.25) is 9.58 Å². The summed E-state index contributed by atoms with van der Waals surface area (Å²) in [6.45, 7) is 1.85. The molecule has 1 saturated heterocycles. The van der Waals surface area contributed by atoms with Gasteiger partial charge in [0.2, 0.25) is 5.92 Å². The summed E-state index contributed by atoms with van der Waals surface area (Å²) in [4.78, 5) is 12.9. The van der Waals surface area contributed by atoms with Crippen molar-refractivity contribution < 1.29 is 18.3 Å². The number of alkyl halides is 2. The molecule has 1 aliphatic heterocycles. The quantitative estimate of drug-likeness (QED) is 0.920. The van der Waals surface area contributed by atoms with Gasteiger partial charge < -0.3 is 10.5 Å². The first-order chi connectivity index (χ1) is 10.9. The summed E-state index contributed by atoms with van der Waals surface area (Å²) in [5.74, 6) is -2.48. The topological polar surface area (TPSA) is 73.4 Å². The van der Waals surface area contributed by atoms with Crippen LogP contribution in [0, 0.1) is 0 Å². The molecule has 1 aromatic heterocycles. The van der Waals surface area contributed by atoms with E-state index >= 15 is 0 Å². The third-order valence-corrected chi connectivity index (χ3v) is 4.81. The molecule has 2 heterocycles. The van der Waals surface area contributed by atoms with Crippen molar-refractivity contribution in [3.63, 3.8) is 0 Å². The lowest BCUT2D eigenvalue weighted by molar-refractivity contribution is -0.0518. The van der Waals surface area contributed by atoms with Crippen molar-refractivity contribution in [3.8, 4) is 0 Å². The lowest BCUT2D eigenvalue weighted by Gasteiger charge is -2.34. The molecule has 2 fully saturated rings. The number of carbonyl (C=O) groups is 1. The molecule has 1 aromatic rings. The average Bonchev–Trinajstić information content (AvgIpc) is 3.14. The molecule has 0 spiro atoms. The highest BCUT2D eigenvalue weighted by Gasteiger charge is 2.39. The molecule has 128 valence electrons. The number of hydrogen-bond donors (Lipinski definition) is 1. The van der Waals surface area contributed by atoms with Gasteiger partial charge in [-0.25, -0.2) is 13.6 Å². The minimum atomic E-state index is -2.48. The number of carbonyl (C=O) groups excluding carboxylic acids is 1. The smallest absolute Gasteiger partial charge is 0.404 e. The summed E-state index contributed by atoms with van der Waals surface area (Å²) in [5, 5.41) is 4.32. The molecule has 23 heavy (non-hydrogen) atoms. The molecule has 8 heteroatoms. The second-order valence-electron chi connectivity index (χ2n) is 6.46. The molecule has 2 aliphatic rings. The zero-order valence-corrected chi connectivity index (χ0v) is 13.0. The molecule has 0 bridgehead atoms. The van der Waals surface area contributed by atoms with Gasteiger partial charge in [-0.05, 0) is 19.3 Å². The van der Waals surface area contributed by atoms with Crippen molar-refractivity contribution in [1.29, 1.82) is 0 Å².